The summed E-state index contributed by atoms with van der Waals surface area (Å²) in [5.41, 5.74) is 7.08. The molecule has 4 fully saturated rings. The van der Waals surface area contributed by atoms with Crippen molar-refractivity contribution in [3.8, 4) is 0 Å². The third-order valence-electron chi connectivity index (χ3n) is 17.3. The van der Waals surface area contributed by atoms with Crippen molar-refractivity contribution >= 4 is 22.6 Å². The van der Waals surface area contributed by atoms with Crippen LogP contribution in [0.25, 0.3) is 11.0 Å². The number of carbonyl (C=O) groups is 2. The maximum Gasteiger partial charge on any atom is 0.160 e. The second-order valence-electron chi connectivity index (χ2n) is 21.4. The molecule has 4 aliphatic carbocycles. The number of rotatable bonds is 6. The Morgan fingerprint density at radius 3 is 2.39 bits per heavy atom. The van der Waals surface area contributed by atoms with Crippen molar-refractivity contribution in [2.24, 2.45) is 44.8 Å². The van der Waals surface area contributed by atoms with Gasteiger partial charge in [-0.25, -0.2) is 0 Å². The van der Waals surface area contributed by atoms with E-state index in [1.807, 2.05) is 19.9 Å². The van der Waals surface area contributed by atoms with E-state index in [1.54, 1.807) is 0 Å². The molecular formula is C48H64N2O6. The second kappa shape index (κ2) is 12.2. The van der Waals surface area contributed by atoms with E-state index in [4.69, 9.17) is 4.74 Å². The number of ketones is 2. The number of nitrogens with zero attached hydrogens (tertiary/aromatic N) is 1. The lowest BCUT2D eigenvalue weighted by molar-refractivity contribution is -0.220. The number of hydrogen-bond donors (Lipinski definition) is 4. The van der Waals surface area contributed by atoms with Crippen molar-refractivity contribution in [3.63, 3.8) is 0 Å². The smallest absolute Gasteiger partial charge is 0.160 e. The molecule has 4 heterocycles. The second-order valence-corrected chi connectivity index (χ2v) is 21.4. The molecule has 2 aromatic heterocycles. The number of carbonyl (C=O) groups excluding carboxylic acids is 2. The average molecular weight is 765 g/mol. The highest BCUT2D eigenvalue weighted by molar-refractivity contribution is 6.02. The van der Waals surface area contributed by atoms with Gasteiger partial charge < -0.3 is 29.6 Å². The normalized spacial score (nSPS) is 39.0. The number of allylic oxidation sites excluding steroid dienone is 1. The van der Waals surface area contributed by atoms with Crippen LogP contribution in [0.4, 0.5) is 0 Å². The molecule has 302 valence electrons. The summed E-state index contributed by atoms with van der Waals surface area (Å²) in [5, 5.41) is 35.2. The first-order valence-electron chi connectivity index (χ1n) is 21.4. The fourth-order valence-corrected chi connectivity index (χ4v) is 14.5. The minimum atomic E-state index is -0.729. The standard InChI is InChI=1S/C48H64N2O6/c1-26-16-27(18-28(17-26)25-51)19-30-23-50-24-31-36-37(45(6,20-33(53)42-44(4,5)56-42)13-10-29-22-49-38(30)39(29)50)32(52)21-48(36,9)47(8)15-11-34-43(2,3)35(54)12-14-46(34,7)41(47)40(31)55/h16-18,22-23,31,33-34,40-42,49,51,53,55H,10-15,19-21,24-25H2,1-9H3/t31-,33-,34+,40-,41-,42-,45+,46-,47+,48+/m1/s1. The monoisotopic (exact) mass is 764 g/mol. The van der Waals surface area contributed by atoms with Crippen molar-refractivity contribution in [3.05, 3.63) is 69.6 Å². The summed E-state index contributed by atoms with van der Waals surface area (Å²) in [5.74, 6) is 0.219. The molecule has 9 rings (SSSR count). The van der Waals surface area contributed by atoms with Gasteiger partial charge in [0, 0.05) is 60.5 Å². The van der Waals surface area contributed by atoms with Gasteiger partial charge in [-0.05, 0) is 115 Å². The van der Waals surface area contributed by atoms with Crippen LogP contribution >= 0.6 is 0 Å². The molecule has 4 N–H and O–H groups in total. The molecule has 2 aliphatic heterocycles. The first kappa shape index (κ1) is 38.5. The van der Waals surface area contributed by atoms with Gasteiger partial charge in [-0.15, -0.1) is 0 Å². The third-order valence-corrected chi connectivity index (χ3v) is 17.3. The van der Waals surface area contributed by atoms with Crippen molar-refractivity contribution < 1.29 is 29.6 Å². The number of ether oxygens (including phenoxy) is 1. The zero-order valence-electron chi connectivity index (χ0n) is 35.1. The Hall–Kier alpha value is -3.04. The van der Waals surface area contributed by atoms with Gasteiger partial charge in [0.25, 0.3) is 0 Å². The van der Waals surface area contributed by atoms with Crippen LogP contribution in [0.2, 0.25) is 0 Å². The molecule has 0 spiro atoms. The van der Waals surface area contributed by atoms with Crippen molar-refractivity contribution in [2.75, 3.05) is 0 Å². The number of epoxide rings is 1. The fraction of sp³-hybridized carbons (Fsp3) is 0.667. The van der Waals surface area contributed by atoms with Gasteiger partial charge in [-0.3, -0.25) is 9.59 Å². The number of nitrogens with one attached hydrogen (secondary N) is 1. The summed E-state index contributed by atoms with van der Waals surface area (Å²) < 4.78 is 8.37. The number of hydrogen-bond acceptors (Lipinski definition) is 6. The molecule has 1 saturated heterocycles. The lowest BCUT2D eigenvalue weighted by Crippen LogP contribution is -2.67. The summed E-state index contributed by atoms with van der Waals surface area (Å²) in [6, 6.07) is 6.31. The van der Waals surface area contributed by atoms with Gasteiger partial charge >= 0.3 is 0 Å². The molecule has 8 heteroatoms. The van der Waals surface area contributed by atoms with Crippen LogP contribution in [0.3, 0.4) is 0 Å². The molecule has 6 aliphatic rings. The van der Waals surface area contributed by atoms with E-state index in [0.29, 0.717) is 44.4 Å². The van der Waals surface area contributed by atoms with Crippen LogP contribution in [-0.2, 0) is 40.3 Å². The van der Waals surface area contributed by atoms with Crippen LogP contribution in [-0.4, -0.2) is 60.4 Å². The highest BCUT2D eigenvalue weighted by Gasteiger charge is 2.72. The fourth-order valence-electron chi connectivity index (χ4n) is 14.5. The SMILES string of the molecule is Cc1cc(CO)cc(Cc2cn3c4c(c[nH]c24)CC[C@@](C)(C[C@@H](O)[C@H]2OC2(C)C)C2=C4[C@@H](C3)[C@@H](O)[C@@H]3[C@]5(C)CCC(=O)C(C)(C)[C@@H]5CC[C@]3(C)[C@@]4(C)CC2=O)c1. The molecule has 0 amide bonds. The molecule has 0 unspecified atom stereocenters. The Morgan fingerprint density at radius 2 is 1.70 bits per heavy atom. The Morgan fingerprint density at radius 1 is 0.982 bits per heavy atom. The average Bonchev–Trinajstić information content (AvgIpc) is 3.36. The Kier molecular flexibility index (Phi) is 8.42. The number of aliphatic hydroxyl groups excluding tert-OH is 3. The maximum atomic E-state index is 15.1. The minimum Gasteiger partial charge on any atom is -0.392 e. The van der Waals surface area contributed by atoms with Crippen molar-refractivity contribution in [2.45, 2.75) is 157 Å². The van der Waals surface area contributed by atoms with Gasteiger partial charge in [0.05, 0.1) is 35.4 Å². The van der Waals surface area contributed by atoms with Gasteiger partial charge in [0.15, 0.2) is 5.78 Å². The highest BCUT2D eigenvalue weighted by atomic mass is 16.6. The molecular weight excluding hydrogens is 701 g/mol. The van der Waals surface area contributed by atoms with E-state index in [0.717, 1.165) is 70.1 Å². The van der Waals surface area contributed by atoms with Crippen LogP contribution < -0.4 is 0 Å². The van der Waals surface area contributed by atoms with Gasteiger partial charge in [0.2, 0.25) is 0 Å². The first-order valence-corrected chi connectivity index (χ1v) is 21.4. The number of aryl methyl sites for hydroxylation is 2. The van der Waals surface area contributed by atoms with E-state index < -0.39 is 34.1 Å². The van der Waals surface area contributed by atoms with Crippen molar-refractivity contribution in [1.29, 1.82) is 0 Å². The Bertz CT molecular complexity index is 2190. The van der Waals surface area contributed by atoms with E-state index in [1.165, 1.54) is 5.56 Å². The molecule has 3 saturated carbocycles. The predicted octanol–water partition coefficient (Wildman–Crippen LogP) is 7.94. The summed E-state index contributed by atoms with van der Waals surface area (Å²) in [4.78, 5) is 32.3. The Labute approximate surface area is 332 Å². The maximum absolute atomic E-state index is 15.1. The number of aliphatic hydroxyl groups is 3. The third kappa shape index (κ3) is 5.23. The van der Waals surface area contributed by atoms with Gasteiger partial charge in [0.1, 0.15) is 11.9 Å². The number of H-pyrrole nitrogens is 1. The summed E-state index contributed by atoms with van der Waals surface area (Å²) in [7, 11) is 0. The van der Waals surface area contributed by atoms with Gasteiger partial charge in [-0.2, -0.15) is 0 Å². The lowest BCUT2D eigenvalue weighted by atomic mass is 9.34. The molecule has 0 bridgehead atoms. The summed E-state index contributed by atoms with van der Waals surface area (Å²) in [6.45, 7) is 20.2. The Balaban J connectivity index is 1.24. The molecule has 56 heavy (non-hydrogen) atoms. The zero-order chi connectivity index (χ0) is 40.1. The molecule has 3 aromatic rings. The van der Waals surface area contributed by atoms with E-state index in [-0.39, 0.29) is 47.1 Å². The number of fused-ring (bicyclic) bond motifs is 4. The quantitative estimate of drug-likeness (QED) is 0.189. The zero-order valence-corrected chi connectivity index (χ0v) is 35.1. The van der Waals surface area contributed by atoms with Crippen LogP contribution in [0.5, 0.6) is 0 Å². The highest BCUT2D eigenvalue weighted by Crippen LogP contribution is 2.75. The van der Waals surface area contributed by atoms with Crippen LogP contribution in [0, 0.1) is 51.8 Å². The predicted molar refractivity (Wildman–Crippen MR) is 217 cm³/mol. The van der Waals surface area contributed by atoms with E-state index >= 15 is 4.79 Å². The first-order chi connectivity index (χ1) is 26.2. The number of Topliss-reactive ketones (excluding diaryl/α,β-unsaturated/α-hetero) is 2. The minimum absolute atomic E-state index is 0.00467. The number of aromatic nitrogens is 2. The molecule has 10 atom stereocenters. The molecule has 8 nitrogen and oxygen atoms in total. The van der Waals surface area contributed by atoms with Crippen LogP contribution in [0.15, 0.2) is 41.7 Å². The van der Waals surface area contributed by atoms with E-state index in [9.17, 15) is 20.1 Å². The topological polar surface area (TPSA) is 128 Å². The molecule has 0 radical (unpaired) electrons. The molecule has 1 aromatic carbocycles. The van der Waals surface area contributed by atoms with Crippen molar-refractivity contribution in [1.82, 2.24) is 9.55 Å². The summed E-state index contributed by atoms with van der Waals surface area (Å²) in [6.07, 6.45) is 8.64. The van der Waals surface area contributed by atoms with E-state index in [2.05, 4.69) is 82.5 Å². The lowest BCUT2D eigenvalue weighted by Gasteiger charge is -2.70. The van der Waals surface area contributed by atoms with Gasteiger partial charge in [-0.1, -0.05) is 65.3 Å². The largest absolute Gasteiger partial charge is 0.392 e. The summed E-state index contributed by atoms with van der Waals surface area (Å²) >= 11 is 0. The number of aromatic amines is 1. The van der Waals surface area contributed by atoms with Crippen LogP contribution in [0.1, 0.15) is 128 Å². The number of benzene rings is 1.